The summed E-state index contributed by atoms with van der Waals surface area (Å²) in [5, 5.41) is 0. The Morgan fingerprint density at radius 2 is 1.81 bits per heavy atom. The van der Waals surface area contributed by atoms with Gasteiger partial charge in [-0.2, -0.15) is 0 Å². The lowest BCUT2D eigenvalue weighted by Gasteiger charge is -2.18. The zero-order valence-electron chi connectivity index (χ0n) is 8.71. The van der Waals surface area contributed by atoms with Crippen molar-refractivity contribution in [3.8, 4) is 0 Å². The molecule has 0 atom stereocenters. The lowest BCUT2D eigenvalue weighted by atomic mass is 10.1. The lowest BCUT2D eigenvalue weighted by Crippen LogP contribution is -2.29. The quantitative estimate of drug-likeness (QED) is 0.763. The zero-order chi connectivity index (χ0) is 11.4. The number of rotatable bonds is 1. The first-order valence-corrected chi connectivity index (χ1v) is 4.98. The van der Waals surface area contributed by atoms with Crippen LogP contribution in [0.2, 0.25) is 0 Å². The Bertz CT molecular complexity index is 472. The molecule has 0 spiro atoms. The molecule has 0 unspecified atom stereocenters. The molecule has 2 amide bonds. The van der Waals surface area contributed by atoms with E-state index in [0.29, 0.717) is 0 Å². The third-order valence-electron chi connectivity index (χ3n) is 2.28. The van der Waals surface area contributed by atoms with Gasteiger partial charge in [0.2, 0.25) is 0 Å². The number of allylic oxidation sites excluding steroid dienone is 4. The molecule has 16 heavy (non-hydrogen) atoms. The fourth-order valence-corrected chi connectivity index (χ4v) is 1.54. The molecule has 0 radical (unpaired) electrons. The first kappa shape index (κ1) is 10.2. The highest BCUT2D eigenvalue weighted by atomic mass is 16.2. The molecule has 1 aromatic carbocycles. The van der Waals surface area contributed by atoms with E-state index in [1.165, 1.54) is 4.90 Å². The van der Waals surface area contributed by atoms with E-state index < -0.39 is 6.03 Å². The van der Waals surface area contributed by atoms with Crippen LogP contribution in [0.4, 0.5) is 4.79 Å². The van der Waals surface area contributed by atoms with Crippen molar-refractivity contribution in [2.45, 2.75) is 0 Å². The van der Waals surface area contributed by atoms with Crippen LogP contribution in [0.15, 0.2) is 60.8 Å². The first-order chi connectivity index (χ1) is 7.79. The highest BCUT2D eigenvalue weighted by Gasteiger charge is 2.13. The minimum Gasteiger partial charge on any atom is -0.351 e. The minimum atomic E-state index is -0.491. The summed E-state index contributed by atoms with van der Waals surface area (Å²) in [6.07, 6.45) is 9.02. The molecule has 2 rings (SSSR count). The summed E-state index contributed by atoms with van der Waals surface area (Å²) < 4.78 is 0. The highest BCUT2D eigenvalue weighted by Crippen LogP contribution is 2.20. The molecule has 3 heteroatoms. The SMILES string of the molecule is NC(=O)N1C=CC=CC=C1c1ccccc1. The second-order valence-electron chi connectivity index (χ2n) is 3.35. The Morgan fingerprint density at radius 1 is 1.06 bits per heavy atom. The maximum absolute atomic E-state index is 11.3. The van der Waals surface area contributed by atoms with Crippen LogP contribution in [0.1, 0.15) is 5.56 Å². The van der Waals surface area contributed by atoms with Crippen LogP contribution in [0.3, 0.4) is 0 Å². The van der Waals surface area contributed by atoms with Crippen molar-refractivity contribution in [2.75, 3.05) is 0 Å². The second-order valence-corrected chi connectivity index (χ2v) is 3.35. The second kappa shape index (κ2) is 4.49. The molecule has 1 aliphatic heterocycles. The summed E-state index contributed by atoms with van der Waals surface area (Å²) in [7, 11) is 0. The smallest absolute Gasteiger partial charge is 0.323 e. The molecule has 1 heterocycles. The molecule has 0 aliphatic carbocycles. The maximum atomic E-state index is 11.3. The van der Waals surface area contributed by atoms with Crippen LogP contribution in [0.5, 0.6) is 0 Å². The molecule has 1 aliphatic rings. The van der Waals surface area contributed by atoms with E-state index in [-0.39, 0.29) is 0 Å². The van der Waals surface area contributed by atoms with E-state index >= 15 is 0 Å². The van der Waals surface area contributed by atoms with Crippen molar-refractivity contribution in [3.05, 3.63) is 66.4 Å². The van der Waals surface area contributed by atoms with E-state index in [1.54, 1.807) is 12.3 Å². The molecule has 0 aromatic heterocycles. The Kier molecular flexibility index (Phi) is 2.87. The third kappa shape index (κ3) is 2.03. The fourth-order valence-electron chi connectivity index (χ4n) is 1.54. The number of amides is 2. The van der Waals surface area contributed by atoms with E-state index in [0.717, 1.165) is 11.3 Å². The molecule has 0 bridgehead atoms. The molecular weight excluding hydrogens is 200 g/mol. The number of nitrogens with zero attached hydrogens (tertiary/aromatic N) is 1. The van der Waals surface area contributed by atoms with Crippen LogP contribution >= 0.6 is 0 Å². The lowest BCUT2D eigenvalue weighted by molar-refractivity contribution is 0.237. The van der Waals surface area contributed by atoms with Gasteiger partial charge in [-0.3, -0.25) is 4.90 Å². The fraction of sp³-hybridized carbons (Fsp3) is 0. The van der Waals surface area contributed by atoms with Gasteiger partial charge in [0, 0.05) is 6.20 Å². The maximum Gasteiger partial charge on any atom is 0.323 e. The average molecular weight is 212 g/mol. The largest absolute Gasteiger partial charge is 0.351 e. The summed E-state index contributed by atoms with van der Waals surface area (Å²) >= 11 is 0. The van der Waals surface area contributed by atoms with Crippen molar-refractivity contribution >= 4 is 11.7 Å². The molecule has 3 nitrogen and oxygen atoms in total. The van der Waals surface area contributed by atoms with Crippen molar-refractivity contribution in [1.82, 2.24) is 4.90 Å². The molecule has 80 valence electrons. The predicted octanol–water partition coefficient (Wildman–Crippen LogP) is 2.49. The van der Waals surface area contributed by atoms with Gasteiger partial charge in [0.15, 0.2) is 0 Å². The van der Waals surface area contributed by atoms with Gasteiger partial charge >= 0.3 is 6.03 Å². The van der Waals surface area contributed by atoms with Gasteiger partial charge in [-0.15, -0.1) is 0 Å². The van der Waals surface area contributed by atoms with Gasteiger partial charge in [-0.25, -0.2) is 4.79 Å². The summed E-state index contributed by atoms with van der Waals surface area (Å²) in [6.45, 7) is 0. The first-order valence-electron chi connectivity index (χ1n) is 4.98. The number of urea groups is 1. The summed E-state index contributed by atoms with van der Waals surface area (Å²) in [5.41, 5.74) is 7.06. The number of nitrogens with two attached hydrogens (primary N) is 1. The third-order valence-corrected chi connectivity index (χ3v) is 2.28. The van der Waals surface area contributed by atoms with E-state index in [2.05, 4.69) is 0 Å². The Balaban J connectivity index is 2.44. The van der Waals surface area contributed by atoms with Gasteiger partial charge in [0.25, 0.3) is 0 Å². The Hall–Kier alpha value is -2.29. The van der Waals surface area contributed by atoms with Gasteiger partial charge in [-0.05, 0) is 17.7 Å². The van der Waals surface area contributed by atoms with Gasteiger partial charge in [0.05, 0.1) is 5.70 Å². The number of carbonyl (C=O) groups is 1. The number of hydrogen-bond donors (Lipinski definition) is 1. The Morgan fingerprint density at radius 3 is 2.50 bits per heavy atom. The molecular formula is C13H12N2O. The molecule has 0 fully saturated rings. The standard InChI is InChI=1S/C13H12N2O/c14-13(16)15-10-6-2-5-9-12(15)11-7-3-1-4-8-11/h1-10H,(H2,14,16). The Labute approximate surface area is 94.2 Å². The monoisotopic (exact) mass is 212 g/mol. The van der Waals surface area contributed by atoms with Gasteiger partial charge < -0.3 is 5.73 Å². The summed E-state index contributed by atoms with van der Waals surface area (Å²) in [4.78, 5) is 12.7. The number of hydrogen-bond acceptors (Lipinski definition) is 1. The molecule has 1 aromatic rings. The molecule has 2 N–H and O–H groups in total. The summed E-state index contributed by atoms with van der Waals surface area (Å²) in [6, 6.07) is 9.17. The number of primary amides is 1. The van der Waals surface area contributed by atoms with Crippen LogP contribution in [0.25, 0.3) is 5.70 Å². The zero-order valence-corrected chi connectivity index (χ0v) is 8.71. The van der Waals surface area contributed by atoms with Crippen molar-refractivity contribution in [1.29, 1.82) is 0 Å². The van der Waals surface area contributed by atoms with Crippen LogP contribution in [-0.4, -0.2) is 10.9 Å². The van der Waals surface area contributed by atoms with Crippen LogP contribution < -0.4 is 5.73 Å². The van der Waals surface area contributed by atoms with E-state index in [4.69, 9.17) is 5.73 Å². The molecule has 0 saturated heterocycles. The highest BCUT2D eigenvalue weighted by molar-refractivity contribution is 5.86. The van der Waals surface area contributed by atoms with Crippen molar-refractivity contribution in [3.63, 3.8) is 0 Å². The van der Waals surface area contributed by atoms with E-state index in [9.17, 15) is 4.79 Å². The van der Waals surface area contributed by atoms with Gasteiger partial charge in [-0.1, -0.05) is 42.5 Å². The minimum absolute atomic E-state index is 0.491. The molecule has 0 saturated carbocycles. The normalized spacial score (nSPS) is 14.5. The average Bonchev–Trinajstić information content (AvgIpc) is 2.55. The van der Waals surface area contributed by atoms with Crippen molar-refractivity contribution in [2.24, 2.45) is 5.73 Å². The number of benzene rings is 1. The number of carbonyl (C=O) groups excluding carboxylic acids is 1. The van der Waals surface area contributed by atoms with Crippen LogP contribution in [0, 0.1) is 0 Å². The predicted molar refractivity (Wildman–Crippen MR) is 64.1 cm³/mol. The topological polar surface area (TPSA) is 46.3 Å². The van der Waals surface area contributed by atoms with Crippen LogP contribution in [-0.2, 0) is 0 Å². The summed E-state index contributed by atoms with van der Waals surface area (Å²) in [5.74, 6) is 0. The van der Waals surface area contributed by atoms with E-state index in [1.807, 2.05) is 48.6 Å². The van der Waals surface area contributed by atoms with Gasteiger partial charge in [0.1, 0.15) is 0 Å². The van der Waals surface area contributed by atoms with Crippen molar-refractivity contribution < 1.29 is 4.79 Å².